The van der Waals surface area contributed by atoms with Crippen molar-refractivity contribution in [1.29, 1.82) is 0 Å². The van der Waals surface area contributed by atoms with E-state index in [1.54, 1.807) is 30.0 Å². The molecule has 0 bridgehead atoms. The first-order chi connectivity index (χ1) is 13.3. The molecule has 2 aromatic rings. The number of thiophene rings is 1. The molecule has 0 aromatic carbocycles. The van der Waals surface area contributed by atoms with Crippen molar-refractivity contribution >= 4 is 40.6 Å². The van der Waals surface area contributed by atoms with Crippen LogP contribution in [0.15, 0.2) is 24.4 Å². The molecule has 3 heterocycles. The monoisotopic (exact) mass is 401 g/mol. The van der Waals surface area contributed by atoms with Crippen LogP contribution < -0.4 is 16.8 Å². The number of anilines is 2. The van der Waals surface area contributed by atoms with Gasteiger partial charge < -0.3 is 21.7 Å². The van der Waals surface area contributed by atoms with Crippen LogP contribution in [-0.2, 0) is 9.59 Å². The molecule has 1 saturated heterocycles. The zero-order valence-corrected chi connectivity index (χ0v) is 16.6. The summed E-state index contributed by atoms with van der Waals surface area (Å²) in [6.45, 7) is 4.29. The van der Waals surface area contributed by atoms with Gasteiger partial charge in [-0.05, 0) is 49.4 Å². The van der Waals surface area contributed by atoms with E-state index < -0.39 is 17.7 Å². The summed E-state index contributed by atoms with van der Waals surface area (Å²) in [6, 6.07) is 4.88. The zero-order valence-electron chi connectivity index (χ0n) is 15.8. The van der Waals surface area contributed by atoms with Gasteiger partial charge in [0.15, 0.2) is 0 Å². The van der Waals surface area contributed by atoms with Crippen molar-refractivity contribution in [3.05, 3.63) is 39.7 Å². The zero-order chi connectivity index (χ0) is 20.4. The van der Waals surface area contributed by atoms with Gasteiger partial charge in [-0.1, -0.05) is 6.92 Å². The third-order valence-corrected chi connectivity index (χ3v) is 6.05. The quantitative estimate of drug-likeness (QED) is 0.678. The Morgan fingerprint density at radius 3 is 2.68 bits per heavy atom. The van der Waals surface area contributed by atoms with Gasteiger partial charge in [-0.15, -0.1) is 11.3 Å². The minimum Gasteiger partial charge on any atom is -0.383 e. The molecule has 0 saturated carbocycles. The first-order valence-corrected chi connectivity index (χ1v) is 9.81. The summed E-state index contributed by atoms with van der Waals surface area (Å²) in [4.78, 5) is 43.7. The fourth-order valence-corrected chi connectivity index (χ4v) is 4.31. The second-order valence-corrected chi connectivity index (χ2v) is 8.22. The molecule has 1 fully saturated rings. The van der Waals surface area contributed by atoms with Crippen molar-refractivity contribution in [1.82, 2.24) is 9.88 Å². The number of nitrogens with one attached hydrogen (secondary N) is 1. The Kier molecular flexibility index (Phi) is 5.64. The summed E-state index contributed by atoms with van der Waals surface area (Å²) < 4.78 is 0. The van der Waals surface area contributed by atoms with Crippen molar-refractivity contribution in [2.75, 3.05) is 17.6 Å². The van der Waals surface area contributed by atoms with Crippen LogP contribution in [0.5, 0.6) is 0 Å². The molecule has 28 heavy (non-hydrogen) atoms. The van der Waals surface area contributed by atoms with Gasteiger partial charge in [0.1, 0.15) is 5.82 Å². The molecule has 3 amide bonds. The predicted octanol–water partition coefficient (Wildman–Crippen LogP) is 2.07. The van der Waals surface area contributed by atoms with Crippen LogP contribution in [0.2, 0.25) is 0 Å². The summed E-state index contributed by atoms with van der Waals surface area (Å²) >= 11 is 1.27. The number of primary amides is 1. The molecule has 1 aliphatic heterocycles. The number of aromatic nitrogens is 1. The maximum Gasteiger partial charge on any atom is 0.313 e. The molecule has 2 aromatic heterocycles. The van der Waals surface area contributed by atoms with Crippen molar-refractivity contribution in [2.24, 2.45) is 11.7 Å². The van der Waals surface area contributed by atoms with Gasteiger partial charge in [-0.3, -0.25) is 14.4 Å². The number of nitrogens with two attached hydrogens (primary N) is 2. The molecule has 0 spiro atoms. The van der Waals surface area contributed by atoms with Gasteiger partial charge in [0, 0.05) is 11.4 Å². The Labute approximate surface area is 166 Å². The minimum atomic E-state index is -0.725. The molecule has 148 valence electrons. The lowest BCUT2D eigenvalue weighted by atomic mass is 9.93. The molecule has 8 nitrogen and oxygen atoms in total. The Balaban J connectivity index is 1.79. The first-order valence-electron chi connectivity index (χ1n) is 9.00. The third-order valence-electron chi connectivity index (χ3n) is 4.85. The van der Waals surface area contributed by atoms with Crippen molar-refractivity contribution in [3.8, 4) is 0 Å². The SMILES string of the molecule is Cc1cc(NC(=O)C(=O)N2C[C@@H](C)CC[C@@H]2c2ccc(C(N)=O)s2)cnc1N. The summed E-state index contributed by atoms with van der Waals surface area (Å²) in [6.07, 6.45) is 3.07. The largest absolute Gasteiger partial charge is 0.383 e. The van der Waals surface area contributed by atoms with E-state index in [9.17, 15) is 14.4 Å². The normalized spacial score (nSPS) is 19.3. The van der Waals surface area contributed by atoms with Crippen molar-refractivity contribution < 1.29 is 14.4 Å². The van der Waals surface area contributed by atoms with Gasteiger partial charge in [-0.25, -0.2) is 4.98 Å². The van der Waals surface area contributed by atoms with Crippen molar-refractivity contribution in [3.63, 3.8) is 0 Å². The van der Waals surface area contributed by atoms with E-state index in [-0.39, 0.29) is 12.0 Å². The van der Waals surface area contributed by atoms with Crippen LogP contribution in [0.1, 0.15) is 45.9 Å². The first kappa shape index (κ1) is 19.8. The highest BCUT2D eigenvalue weighted by Crippen LogP contribution is 2.36. The topological polar surface area (TPSA) is 131 Å². The Bertz CT molecular complexity index is 926. The Morgan fingerprint density at radius 2 is 2.04 bits per heavy atom. The molecular formula is C19H23N5O3S. The number of piperidine rings is 1. The highest BCUT2D eigenvalue weighted by atomic mass is 32.1. The van der Waals surface area contributed by atoms with Gasteiger partial charge >= 0.3 is 11.8 Å². The van der Waals surface area contributed by atoms with Crippen LogP contribution in [0.25, 0.3) is 0 Å². The third kappa shape index (κ3) is 4.14. The fourth-order valence-electron chi connectivity index (χ4n) is 3.31. The van der Waals surface area contributed by atoms with Gasteiger partial charge in [0.05, 0.1) is 22.8 Å². The van der Waals surface area contributed by atoms with E-state index in [4.69, 9.17) is 11.5 Å². The van der Waals surface area contributed by atoms with E-state index in [1.807, 2.05) is 6.92 Å². The number of aryl methyl sites for hydroxylation is 1. The number of pyridine rings is 1. The summed E-state index contributed by atoms with van der Waals surface area (Å²) in [5.41, 5.74) is 12.2. The van der Waals surface area contributed by atoms with E-state index in [0.29, 0.717) is 28.5 Å². The number of hydrogen-bond donors (Lipinski definition) is 3. The number of nitrogen functional groups attached to an aromatic ring is 1. The lowest BCUT2D eigenvalue weighted by molar-refractivity contribution is -0.146. The molecule has 5 N–H and O–H groups in total. The second kappa shape index (κ2) is 7.97. The van der Waals surface area contributed by atoms with Crippen LogP contribution in [0.4, 0.5) is 11.5 Å². The van der Waals surface area contributed by atoms with Gasteiger partial charge in [0.25, 0.3) is 5.91 Å². The molecule has 0 radical (unpaired) electrons. The summed E-state index contributed by atoms with van der Waals surface area (Å²) in [5, 5.41) is 2.60. The molecule has 9 heteroatoms. The van der Waals surface area contributed by atoms with Crippen LogP contribution >= 0.6 is 11.3 Å². The van der Waals surface area contributed by atoms with Gasteiger partial charge in [-0.2, -0.15) is 0 Å². The molecule has 0 aliphatic carbocycles. The van der Waals surface area contributed by atoms with Crippen molar-refractivity contribution in [2.45, 2.75) is 32.7 Å². The highest BCUT2D eigenvalue weighted by Gasteiger charge is 2.35. The number of amides is 3. The lowest BCUT2D eigenvalue weighted by Crippen LogP contribution is -2.46. The van der Waals surface area contributed by atoms with Crippen LogP contribution in [0, 0.1) is 12.8 Å². The van der Waals surface area contributed by atoms with E-state index in [0.717, 1.165) is 17.7 Å². The Morgan fingerprint density at radius 1 is 1.29 bits per heavy atom. The van der Waals surface area contributed by atoms with Gasteiger partial charge in [0.2, 0.25) is 0 Å². The second-order valence-electron chi connectivity index (χ2n) is 7.10. The molecular weight excluding hydrogens is 378 g/mol. The maximum atomic E-state index is 12.9. The number of hydrogen-bond acceptors (Lipinski definition) is 6. The Hall–Kier alpha value is -2.94. The van der Waals surface area contributed by atoms with E-state index >= 15 is 0 Å². The van der Waals surface area contributed by atoms with Crippen LogP contribution in [0.3, 0.4) is 0 Å². The predicted molar refractivity (Wildman–Crippen MR) is 108 cm³/mol. The molecule has 3 rings (SSSR count). The number of carbonyl (C=O) groups is 3. The smallest absolute Gasteiger partial charge is 0.313 e. The number of rotatable bonds is 3. The fraction of sp³-hybridized carbons (Fsp3) is 0.368. The molecule has 1 aliphatic rings. The average molecular weight is 401 g/mol. The van der Waals surface area contributed by atoms with E-state index in [2.05, 4.69) is 10.3 Å². The average Bonchev–Trinajstić information content (AvgIpc) is 3.14. The molecule has 2 atom stereocenters. The number of likely N-dealkylation sites (tertiary alicyclic amines) is 1. The maximum absolute atomic E-state index is 12.9. The lowest BCUT2D eigenvalue weighted by Gasteiger charge is -2.37. The molecule has 0 unspecified atom stereocenters. The minimum absolute atomic E-state index is 0.251. The number of carbonyl (C=O) groups excluding carboxylic acids is 3. The summed E-state index contributed by atoms with van der Waals surface area (Å²) in [5.74, 6) is -1.18. The number of nitrogens with zero attached hydrogens (tertiary/aromatic N) is 2. The summed E-state index contributed by atoms with van der Waals surface area (Å²) in [7, 11) is 0. The highest BCUT2D eigenvalue weighted by molar-refractivity contribution is 7.14. The standard InChI is InChI=1S/C19H23N5O3S/c1-10-3-4-13(14-5-6-15(28-14)17(21)25)24(9-10)19(27)18(26)23-12-7-11(2)16(20)22-8-12/h5-8,10,13H,3-4,9H2,1-2H3,(H2,20,22)(H2,21,25)(H,23,26)/t10-,13+/m0/s1. The van der Waals surface area contributed by atoms with Crippen LogP contribution in [-0.4, -0.2) is 34.2 Å². The van der Waals surface area contributed by atoms with E-state index in [1.165, 1.54) is 17.5 Å².